The highest BCUT2D eigenvalue weighted by Gasteiger charge is 2.09. The molecule has 0 bridgehead atoms. The first-order valence-corrected chi connectivity index (χ1v) is 8.58. The summed E-state index contributed by atoms with van der Waals surface area (Å²) < 4.78 is 5.37. The molecule has 23 heavy (non-hydrogen) atoms. The van der Waals surface area contributed by atoms with Crippen LogP contribution in [0.2, 0.25) is 0 Å². The monoisotopic (exact) mass is 318 g/mol. The molecule has 1 fully saturated rings. The van der Waals surface area contributed by atoms with Crippen molar-refractivity contribution in [3.63, 3.8) is 0 Å². The summed E-state index contributed by atoms with van der Waals surface area (Å²) in [5, 5.41) is 6.74. The molecule has 1 heterocycles. The van der Waals surface area contributed by atoms with Gasteiger partial charge >= 0.3 is 0 Å². The van der Waals surface area contributed by atoms with Gasteiger partial charge in [0.15, 0.2) is 5.96 Å². The summed E-state index contributed by atoms with van der Waals surface area (Å²) >= 11 is 0. The van der Waals surface area contributed by atoms with Gasteiger partial charge in [0.1, 0.15) is 0 Å². The second-order valence-electron chi connectivity index (χ2n) is 6.00. The van der Waals surface area contributed by atoms with Crippen LogP contribution in [0.15, 0.2) is 29.3 Å². The average molecular weight is 318 g/mol. The number of aliphatic imine (C=N–C) groups is 1. The number of benzene rings is 1. The number of ether oxygens (including phenoxy) is 1. The minimum absolute atomic E-state index is 0.799. The third-order valence-corrected chi connectivity index (χ3v) is 4.10. The minimum Gasteiger partial charge on any atom is -0.379 e. The molecule has 1 aliphatic heterocycles. The van der Waals surface area contributed by atoms with Crippen LogP contribution >= 0.6 is 0 Å². The summed E-state index contributed by atoms with van der Waals surface area (Å²) in [7, 11) is 1.82. The first kappa shape index (κ1) is 17.8. The second kappa shape index (κ2) is 10.2. The number of aryl methyl sites for hydroxylation is 1. The van der Waals surface area contributed by atoms with E-state index in [1.165, 1.54) is 24.1 Å². The van der Waals surface area contributed by atoms with Gasteiger partial charge in [-0.15, -0.1) is 0 Å². The Kier molecular flexibility index (Phi) is 7.90. The first-order chi connectivity index (χ1) is 11.3. The van der Waals surface area contributed by atoms with Gasteiger partial charge in [-0.1, -0.05) is 29.8 Å². The van der Waals surface area contributed by atoms with Crippen molar-refractivity contribution in [2.45, 2.75) is 26.3 Å². The van der Waals surface area contributed by atoms with E-state index in [1.54, 1.807) is 0 Å². The van der Waals surface area contributed by atoms with Crippen molar-refractivity contribution in [1.82, 2.24) is 15.5 Å². The van der Waals surface area contributed by atoms with Gasteiger partial charge in [-0.2, -0.15) is 0 Å². The van der Waals surface area contributed by atoms with Crippen molar-refractivity contribution in [2.75, 3.05) is 46.4 Å². The van der Waals surface area contributed by atoms with Crippen LogP contribution in [0.3, 0.4) is 0 Å². The molecule has 1 saturated heterocycles. The Balaban J connectivity index is 1.56. The summed E-state index contributed by atoms with van der Waals surface area (Å²) in [5.41, 5.74) is 2.56. The fourth-order valence-electron chi connectivity index (χ4n) is 2.60. The maximum absolute atomic E-state index is 5.37. The fraction of sp³-hybridized carbons (Fsp3) is 0.611. The quantitative estimate of drug-likeness (QED) is 0.457. The highest BCUT2D eigenvalue weighted by atomic mass is 16.5. The Morgan fingerprint density at radius 2 is 1.87 bits per heavy atom. The number of hydrogen-bond donors (Lipinski definition) is 2. The normalized spacial score (nSPS) is 16.3. The standard InChI is InChI=1S/C18H30N4O/c1-16-5-7-17(8-6-16)15-21-18(19-2)20-9-3-4-10-22-11-13-23-14-12-22/h5-8H,3-4,9-15H2,1-2H3,(H2,19,20,21). The Labute approximate surface area is 140 Å². The van der Waals surface area contributed by atoms with Crippen LogP contribution in [0.5, 0.6) is 0 Å². The summed E-state index contributed by atoms with van der Waals surface area (Å²) in [6, 6.07) is 8.58. The summed E-state index contributed by atoms with van der Waals surface area (Å²) in [6.45, 7) is 8.95. The molecule has 0 atom stereocenters. The van der Waals surface area contributed by atoms with Crippen LogP contribution in [0, 0.1) is 6.92 Å². The molecule has 128 valence electrons. The van der Waals surface area contributed by atoms with Crippen LogP contribution in [-0.2, 0) is 11.3 Å². The molecule has 0 amide bonds. The smallest absolute Gasteiger partial charge is 0.191 e. The van der Waals surface area contributed by atoms with E-state index in [1.807, 2.05) is 7.05 Å². The van der Waals surface area contributed by atoms with Crippen molar-refractivity contribution in [1.29, 1.82) is 0 Å². The molecular formula is C18H30N4O. The van der Waals surface area contributed by atoms with Gasteiger partial charge in [-0.25, -0.2) is 0 Å². The number of guanidine groups is 1. The molecule has 1 aliphatic rings. The zero-order valence-electron chi connectivity index (χ0n) is 14.5. The molecule has 0 spiro atoms. The van der Waals surface area contributed by atoms with Gasteiger partial charge < -0.3 is 15.4 Å². The SMILES string of the molecule is CN=C(NCCCCN1CCOCC1)NCc1ccc(C)cc1. The molecule has 0 aliphatic carbocycles. The third-order valence-electron chi connectivity index (χ3n) is 4.10. The number of unbranched alkanes of at least 4 members (excludes halogenated alkanes) is 1. The van der Waals surface area contributed by atoms with E-state index in [2.05, 4.69) is 51.7 Å². The van der Waals surface area contributed by atoms with Gasteiger partial charge in [0.2, 0.25) is 0 Å². The summed E-state index contributed by atoms with van der Waals surface area (Å²) in [6.07, 6.45) is 2.37. The van der Waals surface area contributed by atoms with Crippen LogP contribution in [0.25, 0.3) is 0 Å². The second-order valence-corrected chi connectivity index (χ2v) is 6.00. The highest BCUT2D eigenvalue weighted by Crippen LogP contribution is 2.02. The zero-order chi connectivity index (χ0) is 16.3. The van der Waals surface area contributed by atoms with E-state index >= 15 is 0 Å². The maximum Gasteiger partial charge on any atom is 0.191 e. The number of rotatable bonds is 7. The lowest BCUT2D eigenvalue weighted by Crippen LogP contribution is -2.38. The predicted octanol–water partition coefficient (Wildman–Crippen LogP) is 1.77. The molecule has 1 aromatic carbocycles. The van der Waals surface area contributed by atoms with E-state index in [4.69, 9.17) is 4.74 Å². The fourth-order valence-corrected chi connectivity index (χ4v) is 2.60. The van der Waals surface area contributed by atoms with Gasteiger partial charge in [0.05, 0.1) is 13.2 Å². The molecule has 2 rings (SSSR count). The summed E-state index contributed by atoms with van der Waals surface area (Å²) in [5.74, 6) is 0.872. The highest BCUT2D eigenvalue weighted by molar-refractivity contribution is 5.79. The molecule has 0 aromatic heterocycles. The van der Waals surface area contributed by atoms with Gasteiger partial charge in [0, 0.05) is 33.2 Å². The lowest BCUT2D eigenvalue weighted by Gasteiger charge is -2.26. The molecule has 5 nitrogen and oxygen atoms in total. The van der Waals surface area contributed by atoms with Crippen molar-refractivity contribution < 1.29 is 4.74 Å². The number of morpholine rings is 1. The first-order valence-electron chi connectivity index (χ1n) is 8.58. The van der Waals surface area contributed by atoms with Gasteiger partial charge in [-0.05, 0) is 31.9 Å². The maximum atomic E-state index is 5.37. The molecular weight excluding hydrogens is 288 g/mol. The minimum atomic E-state index is 0.799. The number of hydrogen-bond acceptors (Lipinski definition) is 3. The Bertz CT molecular complexity index is 466. The molecule has 1 aromatic rings. The van der Waals surface area contributed by atoms with E-state index in [0.717, 1.165) is 51.8 Å². The molecule has 0 unspecified atom stereocenters. The van der Waals surface area contributed by atoms with Crippen LogP contribution in [0.4, 0.5) is 0 Å². The molecule has 0 saturated carbocycles. The van der Waals surface area contributed by atoms with Crippen molar-refractivity contribution in [3.8, 4) is 0 Å². The average Bonchev–Trinajstić information content (AvgIpc) is 2.59. The lowest BCUT2D eigenvalue weighted by molar-refractivity contribution is 0.0372. The van der Waals surface area contributed by atoms with E-state index in [-0.39, 0.29) is 0 Å². The van der Waals surface area contributed by atoms with Gasteiger partial charge in [-0.3, -0.25) is 9.89 Å². The van der Waals surface area contributed by atoms with Crippen LogP contribution in [-0.4, -0.2) is 57.3 Å². The Hall–Kier alpha value is -1.59. The predicted molar refractivity (Wildman–Crippen MR) is 95.9 cm³/mol. The van der Waals surface area contributed by atoms with Crippen molar-refractivity contribution in [2.24, 2.45) is 4.99 Å². The van der Waals surface area contributed by atoms with Crippen molar-refractivity contribution >= 4 is 5.96 Å². The number of nitrogens with one attached hydrogen (secondary N) is 2. The molecule has 2 N–H and O–H groups in total. The van der Waals surface area contributed by atoms with E-state index in [0.29, 0.717) is 0 Å². The van der Waals surface area contributed by atoms with Gasteiger partial charge in [0.25, 0.3) is 0 Å². The van der Waals surface area contributed by atoms with E-state index in [9.17, 15) is 0 Å². The number of nitrogens with zero attached hydrogens (tertiary/aromatic N) is 2. The van der Waals surface area contributed by atoms with Crippen LogP contribution < -0.4 is 10.6 Å². The largest absolute Gasteiger partial charge is 0.379 e. The summed E-state index contributed by atoms with van der Waals surface area (Å²) in [4.78, 5) is 6.76. The van der Waals surface area contributed by atoms with E-state index < -0.39 is 0 Å². The molecule has 5 heteroatoms. The topological polar surface area (TPSA) is 48.9 Å². The Morgan fingerprint density at radius 3 is 2.57 bits per heavy atom. The zero-order valence-corrected chi connectivity index (χ0v) is 14.5. The Morgan fingerprint density at radius 1 is 1.13 bits per heavy atom. The molecule has 0 radical (unpaired) electrons. The lowest BCUT2D eigenvalue weighted by atomic mass is 10.1. The van der Waals surface area contributed by atoms with Crippen LogP contribution in [0.1, 0.15) is 24.0 Å². The third kappa shape index (κ3) is 7.01. The van der Waals surface area contributed by atoms with Crippen molar-refractivity contribution in [3.05, 3.63) is 35.4 Å².